The molecule has 0 fully saturated rings. The third kappa shape index (κ3) is 3.50. The first-order valence-electron chi connectivity index (χ1n) is 15.3. The van der Waals surface area contributed by atoms with E-state index < -0.39 is 11.9 Å². The topological polar surface area (TPSA) is 52.6 Å². The molecule has 0 bridgehead atoms. The summed E-state index contributed by atoms with van der Waals surface area (Å²) in [5.41, 5.74) is 0.417. The van der Waals surface area contributed by atoms with E-state index in [9.17, 15) is 9.59 Å². The van der Waals surface area contributed by atoms with Gasteiger partial charge in [-0.2, -0.15) is 0 Å². The van der Waals surface area contributed by atoms with Gasteiger partial charge in [-0.05, 0) is 110 Å². The molecule has 9 aromatic carbocycles. The molecular weight excluding hydrogens is 568 g/mol. The maximum atomic E-state index is 13.7. The van der Waals surface area contributed by atoms with Crippen LogP contribution in [0.1, 0.15) is 20.7 Å². The van der Waals surface area contributed by atoms with Crippen molar-refractivity contribution in [3.8, 4) is 0 Å². The first kappa shape index (κ1) is 26.4. The summed E-state index contributed by atoms with van der Waals surface area (Å²) in [6.07, 6.45) is 0. The number of carbonyl (C=O) groups excluding carboxylic acids is 2. The normalized spacial score (nSPS) is 11.9. The summed E-state index contributed by atoms with van der Waals surface area (Å²) in [4.78, 5) is 27.5. The Balaban J connectivity index is 1.60. The zero-order chi connectivity index (χ0) is 31.1. The Bertz CT molecular complexity index is 2620. The Morgan fingerprint density at radius 3 is 0.761 bits per heavy atom. The van der Waals surface area contributed by atoms with Crippen molar-refractivity contribution in [2.45, 2.75) is 0 Å². The standard InChI is InChI=1S/C42H26O4/c1-45-41(43)39-37-21-33-29-17-9-5-13-25(29)23-11-3-7-15-27(23)31(33)19-35(37)36-20-32-28-16-8-4-12-24(28)26-14-6-10-18-30(26)34(32)22-38(36)40(39)42(44)46-2/h3-22H,1-2H3. The van der Waals surface area contributed by atoms with Crippen molar-refractivity contribution >= 4 is 98.1 Å². The van der Waals surface area contributed by atoms with Crippen molar-refractivity contribution in [1.29, 1.82) is 0 Å². The quantitative estimate of drug-likeness (QED) is 0.114. The predicted octanol–water partition coefficient (Wildman–Crippen LogP) is 10.5. The van der Waals surface area contributed by atoms with E-state index in [1.54, 1.807) is 0 Å². The van der Waals surface area contributed by atoms with Gasteiger partial charge in [-0.3, -0.25) is 0 Å². The molecule has 0 spiro atoms. The highest BCUT2D eigenvalue weighted by Crippen LogP contribution is 2.44. The largest absolute Gasteiger partial charge is 0.465 e. The number of methoxy groups -OCH3 is 2. The summed E-state index contributed by atoms with van der Waals surface area (Å²) in [7, 11) is 2.70. The number of hydrogen-bond donors (Lipinski definition) is 0. The Morgan fingerprint density at radius 2 is 0.522 bits per heavy atom. The van der Waals surface area contributed by atoms with E-state index in [1.165, 1.54) is 14.2 Å². The number of carbonyl (C=O) groups is 2. The minimum Gasteiger partial charge on any atom is -0.465 e. The van der Waals surface area contributed by atoms with Crippen molar-refractivity contribution in [2.24, 2.45) is 0 Å². The minimum absolute atomic E-state index is 0.209. The van der Waals surface area contributed by atoms with Gasteiger partial charge in [-0.25, -0.2) is 9.59 Å². The molecule has 0 saturated heterocycles. The SMILES string of the molecule is COC(=O)c1c(C(=O)OC)c2cc3c4ccccc4c4ccccc4c3cc2c2cc3c4ccccc4c4ccccc4c3cc12. The lowest BCUT2D eigenvalue weighted by Crippen LogP contribution is -2.13. The molecular formula is C42H26O4. The molecule has 0 aliphatic heterocycles. The van der Waals surface area contributed by atoms with Gasteiger partial charge in [-0.15, -0.1) is 0 Å². The summed E-state index contributed by atoms with van der Waals surface area (Å²) in [5.74, 6) is -1.17. The average molecular weight is 595 g/mol. The van der Waals surface area contributed by atoms with E-state index >= 15 is 0 Å². The molecule has 46 heavy (non-hydrogen) atoms. The lowest BCUT2D eigenvalue weighted by Gasteiger charge is -2.19. The van der Waals surface area contributed by atoms with Crippen molar-refractivity contribution < 1.29 is 19.1 Å². The Morgan fingerprint density at radius 1 is 0.326 bits per heavy atom. The van der Waals surface area contributed by atoms with Gasteiger partial charge in [0.05, 0.1) is 25.3 Å². The molecule has 0 aromatic heterocycles. The van der Waals surface area contributed by atoms with E-state index in [1.807, 2.05) is 24.3 Å². The fourth-order valence-corrected chi connectivity index (χ4v) is 7.66. The molecule has 9 rings (SSSR count). The number of fused-ring (bicyclic) bond motifs is 15. The first-order chi connectivity index (χ1) is 22.6. The fourth-order valence-electron chi connectivity index (χ4n) is 7.66. The summed E-state index contributed by atoms with van der Waals surface area (Å²) in [6, 6.07) is 42.0. The van der Waals surface area contributed by atoms with Gasteiger partial charge >= 0.3 is 11.9 Å². The van der Waals surface area contributed by atoms with Crippen molar-refractivity contribution in [1.82, 2.24) is 0 Å². The molecule has 4 heteroatoms. The lowest BCUT2D eigenvalue weighted by atomic mass is 9.85. The number of rotatable bonds is 2. The van der Waals surface area contributed by atoms with E-state index in [0.717, 1.165) is 75.4 Å². The van der Waals surface area contributed by atoms with E-state index in [0.29, 0.717) is 10.8 Å². The van der Waals surface area contributed by atoms with Gasteiger partial charge in [0.1, 0.15) is 0 Å². The van der Waals surface area contributed by atoms with E-state index in [4.69, 9.17) is 9.47 Å². The van der Waals surface area contributed by atoms with Crippen molar-refractivity contribution in [3.05, 3.63) is 132 Å². The third-order valence-electron chi connectivity index (χ3n) is 9.62. The Kier molecular flexibility index (Phi) is 5.60. The van der Waals surface area contributed by atoms with E-state index in [2.05, 4.69) is 97.1 Å². The van der Waals surface area contributed by atoms with Crippen LogP contribution in [0, 0.1) is 0 Å². The smallest absolute Gasteiger partial charge is 0.339 e. The zero-order valence-corrected chi connectivity index (χ0v) is 25.2. The van der Waals surface area contributed by atoms with Gasteiger partial charge in [0.25, 0.3) is 0 Å². The second-order valence-electron chi connectivity index (χ2n) is 11.8. The molecule has 0 aliphatic carbocycles. The highest BCUT2D eigenvalue weighted by molar-refractivity contribution is 6.35. The molecule has 0 N–H and O–H groups in total. The molecule has 0 heterocycles. The maximum absolute atomic E-state index is 13.7. The maximum Gasteiger partial charge on any atom is 0.339 e. The van der Waals surface area contributed by atoms with Crippen LogP contribution in [0.25, 0.3) is 86.2 Å². The second kappa shape index (κ2) is 9.75. The molecule has 218 valence electrons. The van der Waals surface area contributed by atoms with Crippen LogP contribution >= 0.6 is 0 Å². The molecule has 0 amide bonds. The highest BCUT2D eigenvalue weighted by Gasteiger charge is 2.27. The van der Waals surface area contributed by atoms with Gasteiger partial charge in [0, 0.05) is 0 Å². The van der Waals surface area contributed by atoms with Crippen LogP contribution < -0.4 is 0 Å². The number of ether oxygens (including phenoxy) is 2. The van der Waals surface area contributed by atoms with Crippen molar-refractivity contribution in [3.63, 3.8) is 0 Å². The van der Waals surface area contributed by atoms with Crippen LogP contribution in [-0.4, -0.2) is 26.2 Å². The van der Waals surface area contributed by atoms with Gasteiger partial charge in [0.2, 0.25) is 0 Å². The molecule has 0 atom stereocenters. The molecule has 0 unspecified atom stereocenters. The summed E-state index contributed by atoms with van der Waals surface area (Å²) >= 11 is 0. The van der Waals surface area contributed by atoms with Crippen molar-refractivity contribution in [2.75, 3.05) is 14.2 Å². The van der Waals surface area contributed by atoms with Crippen LogP contribution in [0.3, 0.4) is 0 Å². The lowest BCUT2D eigenvalue weighted by molar-refractivity contribution is 0.0559. The highest BCUT2D eigenvalue weighted by atomic mass is 16.5. The average Bonchev–Trinajstić information content (AvgIpc) is 3.12. The monoisotopic (exact) mass is 594 g/mol. The second-order valence-corrected chi connectivity index (χ2v) is 11.8. The summed E-state index contributed by atoms with van der Waals surface area (Å²) in [5, 5.41) is 16.2. The van der Waals surface area contributed by atoms with Gasteiger partial charge < -0.3 is 9.47 Å². The van der Waals surface area contributed by atoms with Gasteiger partial charge in [0.15, 0.2) is 0 Å². The Hall–Kier alpha value is -6.00. The van der Waals surface area contributed by atoms with Crippen LogP contribution in [0.15, 0.2) is 121 Å². The van der Waals surface area contributed by atoms with Crippen LogP contribution in [0.4, 0.5) is 0 Å². The summed E-state index contributed by atoms with van der Waals surface area (Å²) < 4.78 is 10.7. The number of hydrogen-bond acceptors (Lipinski definition) is 4. The van der Waals surface area contributed by atoms with E-state index in [-0.39, 0.29) is 11.1 Å². The third-order valence-corrected chi connectivity index (χ3v) is 9.62. The number of benzene rings is 9. The molecule has 0 radical (unpaired) electrons. The zero-order valence-electron chi connectivity index (χ0n) is 25.2. The molecule has 4 nitrogen and oxygen atoms in total. The molecule has 0 aliphatic rings. The molecule has 0 saturated carbocycles. The van der Waals surface area contributed by atoms with Crippen LogP contribution in [0.2, 0.25) is 0 Å². The van der Waals surface area contributed by atoms with Crippen LogP contribution in [0.5, 0.6) is 0 Å². The summed E-state index contributed by atoms with van der Waals surface area (Å²) in [6.45, 7) is 0. The predicted molar refractivity (Wildman–Crippen MR) is 189 cm³/mol. The number of esters is 2. The molecule has 9 aromatic rings. The minimum atomic E-state index is -0.583. The fraction of sp³-hybridized carbons (Fsp3) is 0.0476. The van der Waals surface area contributed by atoms with Gasteiger partial charge in [-0.1, -0.05) is 97.1 Å². The Labute approximate surface area is 263 Å². The first-order valence-corrected chi connectivity index (χ1v) is 15.3. The van der Waals surface area contributed by atoms with Crippen LogP contribution in [-0.2, 0) is 9.47 Å².